The van der Waals surface area contributed by atoms with E-state index >= 15 is 0 Å². The number of rotatable bonds is 5. The smallest absolute Gasteiger partial charge is 0.276 e. The highest BCUT2D eigenvalue weighted by Gasteiger charge is 2.24. The number of carbonyl (C=O) groups excluding carboxylic acids is 3. The summed E-state index contributed by atoms with van der Waals surface area (Å²) in [5, 5.41) is 18.3. The molecule has 226 valence electrons. The van der Waals surface area contributed by atoms with Crippen LogP contribution in [0, 0.1) is 6.92 Å². The number of aromatic nitrogens is 4. The highest BCUT2D eigenvalue weighted by atomic mass is 32.2. The first-order valence-corrected chi connectivity index (χ1v) is 15.6. The lowest BCUT2D eigenvalue weighted by Gasteiger charge is -2.22. The first-order valence-electron chi connectivity index (χ1n) is 14.2. The van der Waals surface area contributed by atoms with E-state index in [0.29, 0.717) is 74.0 Å². The van der Waals surface area contributed by atoms with E-state index in [9.17, 15) is 14.4 Å². The fourth-order valence-corrected chi connectivity index (χ4v) is 4.96. The third kappa shape index (κ3) is 8.34. The van der Waals surface area contributed by atoms with Gasteiger partial charge in [-0.15, -0.1) is 5.10 Å². The van der Waals surface area contributed by atoms with Crippen molar-refractivity contribution in [2.45, 2.75) is 65.1 Å². The van der Waals surface area contributed by atoms with E-state index in [2.05, 4.69) is 26.1 Å². The zero-order chi connectivity index (χ0) is 30.1. The zero-order valence-corrected chi connectivity index (χ0v) is 25.4. The molecule has 0 aliphatic carbocycles. The minimum atomic E-state index is -0.697. The Balaban J connectivity index is 1.54. The lowest BCUT2D eigenvalue weighted by atomic mass is 10.1. The Morgan fingerprint density at radius 3 is 2.79 bits per heavy atom. The van der Waals surface area contributed by atoms with Gasteiger partial charge >= 0.3 is 0 Å². The number of hydrogen-bond donors (Lipinski definition) is 2. The molecular formula is C29H39N7O5S. The van der Waals surface area contributed by atoms with Crippen molar-refractivity contribution < 1.29 is 23.6 Å². The number of nitrogens with one attached hydrogen (secondary N) is 2. The molecule has 0 saturated carbocycles. The van der Waals surface area contributed by atoms with Gasteiger partial charge in [0.05, 0.1) is 19.3 Å². The Hall–Kier alpha value is -3.87. The largest absolute Gasteiger partial charge is 0.494 e. The van der Waals surface area contributed by atoms with E-state index in [4.69, 9.17) is 9.26 Å². The van der Waals surface area contributed by atoms with Crippen LogP contribution < -0.4 is 15.4 Å². The molecule has 0 radical (unpaired) electrons. The van der Waals surface area contributed by atoms with E-state index in [0.717, 1.165) is 5.56 Å². The van der Waals surface area contributed by atoms with Crippen molar-refractivity contribution in [1.82, 2.24) is 35.7 Å². The minimum Gasteiger partial charge on any atom is -0.494 e. The van der Waals surface area contributed by atoms with Gasteiger partial charge in [-0.05, 0) is 49.5 Å². The minimum absolute atomic E-state index is 0.0959. The second-order valence-electron chi connectivity index (χ2n) is 10.6. The zero-order valence-electron chi connectivity index (χ0n) is 24.6. The van der Waals surface area contributed by atoms with Gasteiger partial charge in [-0.25, -0.2) is 0 Å². The fraction of sp³-hybridized carbons (Fsp3) is 0.517. The van der Waals surface area contributed by atoms with Gasteiger partial charge in [-0.2, -0.15) is 11.8 Å². The molecule has 3 aromatic rings. The molecular weight excluding hydrogens is 558 g/mol. The van der Waals surface area contributed by atoms with E-state index in [1.54, 1.807) is 33.5 Å². The van der Waals surface area contributed by atoms with Gasteiger partial charge in [0.2, 0.25) is 5.91 Å². The van der Waals surface area contributed by atoms with Crippen LogP contribution in [0.15, 0.2) is 35.0 Å². The molecule has 4 bridgehead atoms. The fourth-order valence-electron chi connectivity index (χ4n) is 4.49. The van der Waals surface area contributed by atoms with Crippen LogP contribution in [0.5, 0.6) is 5.75 Å². The van der Waals surface area contributed by atoms with E-state index in [-0.39, 0.29) is 35.9 Å². The van der Waals surface area contributed by atoms with Crippen molar-refractivity contribution in [2.75, 3.05) is 31.7 Å². The van der Waals surface area contributed by atoms with Crippen molar-refractivity contribution in [3.8, 4) is 5.75 Å². The first-order chi connectivity index (χ1) is 20.2. The SMILES string of the molecule is CSCC[C@@H]1NC(=O)c2cc(ccc2C)OCCCn2cc(nn2)CN(C(=O)c2cc(C(C)C)on2)CCCNC1=O. The Bertz CT molecular complexity index is 1370. The van der Waals surface area contributed by atoms with Crippen LogP contribution in [0.1, 0.15) is 76.9 Å². The summed E-state index contributed by atoms with van der Waals surface area (Å²) >= 11 is 1.61. The molecule has 13 heteroatoms. The van der Waals surface area contributed by atoms with Crippen LogP contribution in [-0.2, 0) is 17.9 Å². The van der Waals surface area contributed by atoms with Crippen molar-refractivity contribution in [3.05, 3.63) is 58.7 Å². The number of carbonyl (C=O) groups is 3. The molecule has 2 aromatic heterocycles. The first kappa shape index (κ1) is 31.1. The Morgan fingerprint density at radius 1 is 1.19 bits per heavy atom. The number of hydrogen-bond acceptors (Lipinski definition) is 9. The van der Waals surface area contributed by atoms with Gasteiger partial charge in [-0.3, -0.25) is 19.1 Å². The molecule has 1 aromatic carbocycles. The number of fused-ring (bicyclic) bond motifs is 4. The highest BCUT2D eigenvalue weighted by molar-refractivity contribution is 7.98. The van der Waals surface area contributed by atoms with Crippen LogP contribution in [0.3, 0.4) is 0 Å². The van der Waals surface area contributed by atoms with Crippen molar-refractivity contribution >= 4 is 29.5 Å². The quantitative estimate of drug-likeness (QED) is 0.453. The Morgan fingerprint density at radius 2 is 2.02 bits per heavy atom. The molecule has 0 unspecified atom stereocenters. The third-order valence-electron chi connectivity index (χ3n) is 6.93. The van der Waals surface area contributed by atoms with Gasteiger partial charge in [0.25, 0.3) is 11.8 Å². The molecule has 42 heavy (non-hydrogen) atoms. The number of amides is 3. The number of nitrogens with zero attached hydrogens (tertiary/aromatic N) is 5. The normalized spacial score (nSPS) is 17.4. The summed E-state index contributed by atoms with van der Waals surface area (Å²) in [5.41, 5.74) is 2.12. The number of benzene rings is 1. The second-order valence-corrected chi connectivity index (χ2v) is 11.6. The highest BCUT2D eigenvalue weighted by Crippen LogP contribution is 2.19. The van der Waals surface area contributed by atoms with Crippen molar-refractivity contribution in [2.24, 2.45) is 0 Å². The van der Waals surface area contributed by atoms with Gasteiger partial charge < -0.3 is 24.8 Å². The van der Waals surface area contributed by atoms with E-state index in [1.165, 1.54) is 0 Å². The maximum absolute atomic E-state index is 13.4. The van der Waals surface area contributed by atoms with Crippen LogP contribution in [-0.4, -0.2) is 80.5 Å². The summed E-state index contributed by atoms with van der Waals surface area (Å²) in [6.07, 6.45) is 5.41. The van der Waals surface area contributed by atoms with Crippen molar-refractivity contribution in [1.29, 1.82) is 0 Å². The van der Waals surface area contributed by atoms with E-state index < -0.39 is 6.04 Å². The summed E-state index contributed by atoms with van der Waals surface area (Å²) in [6.45, 7) is 7.66. The maximum atomic E-state index is 13.4. The molecule has 12 nitrogen and oxygen atoms in total. The van der Waals surface area contributed by atoms with Gasteiger partial charge in [0.15, 0.2) is 5.69 Å². The summed E-state index contributed by atoms with van der Waals surface area (Å²) in [5.74, 6) is 1.13. The van der Waals surface area contributed by atoms with Gasteiger partial charge in [0, 0.05) is 43.6 Å². The number of ether oxygens (including phenoxy) is 1. The molecule has 3 heterocycles. The van der Waals surface area contributed by atoms with Crippen LogP contribution in [0.25, 0.3) is 0 Å². The second kappa shape index (κ2) is 14.9. The standard InChI is InChI=1S/C29H39N7O5S/c1-19(2)26-16-25(33-41-26)29(39)35-11-5-10-30-28(38)24(9-14-42-4)31-27(37)23-15-22(8-7-20(23)3)40-13-6-12-36-18-21(17-35)32-34-36/h7-8,15-16,18-19,24H,5-6,9-14,17H2,1-4H3,(H,30,38)(H,31,37)/t24-/m0/s1. The molecule has 1 aliphatic rings. The predicted octanol–water partition coefficient (Wildman–Crippen LogP) is 3.18. The molecule has 0 saturated heterocycles. The summed E-state index contributed by atoms with van der Waals surface area (Å²) in [4.78, 5) is 41.4. The summed E-state index contributed by atoms with van der Waals surface area (Å²) in [7, 11) is 0. The predicted molar refractivity (Wildman–Crippen MR) is 159 cm³/mol. The van der Waals surface area contributed by atoms with Gasteiger partial charge in [0.1, 0.15) is 23.2 Å². The third-order valence-corrected chi connectivity index (χ3v) is 7.58. The molecule has 2 N–H and O–H groups in total. The lowest BCUT2D eigenvalue weighted by Crippen LogP contribution is -2.47. The number of aryl methyl sites for hydroxylation is 2. The topological polar surface area (TPSA) is 144 Å². The average molecular weight is 598 g/mol. The summed E-state index contributed by atoms with van der Waals surface area (Å²) in [6, 6.07) is 6.35. The van der Waals surface area contributed by atoms with Crippen LogP contribution >= 0.6 is 11.8 Å². The molecule has 0 fully saturated rings. The average Bonchev–Trinajstić information content (AvgIpc) is 3.65. The monoisotopic (exact) mass is 597 g/mol. The lowest BCUT2D eigenvalue weighted by molar-refractivity contribution is -0.123. The van der Waals surface area contributed by atoms with Crippen LogP contribution in [0.2, 0.25) is 0 Å². The van der Waals surface area contributed by atoms with Crippen LogP contribution in [0.4, 0.5) is 0 Å². The Kier molecular flexibility index (Phi) is 11.0. The molecule has 4 rings (SSSR count). The number of thioether (sulfide) groups is 1. The molecule has 1 atom stereocenters. The van der Waals surface area contributed by atoms with Gasteiger partial charge in [-0.1, -0.05) is 30.3 Å². The molecule has 3 amide bonds. The Labute approximate surface area is 249 Å². The maximum Gasteiger partial charge on any atom is 0.276 e. The molecule has 1 aliphatic heterocycles. The van der Waals surface area contributed by atoms with E-state index in [1.807, 2.05) is 45.4 Å². The summed E-state index contributed by atoms with van der Waals surface area (Å²) < 4.78 is 13.0. The molecule has 0 spiro atoms. The van der Waals surface area contributed by atoms with Crippen molar-refractivity contribution in [3.63, 3.8) is 0 Å².